The van der Waals surface area contributed by atoms with E-state index in [9.17, 15) is 8.42 Å². The first-order valence-electron chi connectivity index (χ1n) is 7.53. The second kappa shape index (κ2) is 6.41. The molecular formula is C17H20N2O3S. The van der Waals surface area contributed by atoms with E-state index in [0.717, 1.165) is 23.2 Å². The molecule has 2 atom stereocenters. The minimum atomic E-state index is -3.69. The molecule has 5 nitrogen and oxygen atoms in total. The predicted octanol–water partition coefficient (Wildman–Crippen LogP) is 2.05. The molecule has 1 fully saturated rings. The van der Waals surface area contributed by atoms with Gasteiger partial charge in [-0.1, -0.05) is 36.4 Å². The second-order valence-electron chi connectivity index (χ2n) is 5.73. The van der Waals surface area contributed by atoms with Gasteiger partial charge in [0, 0.05) is 12.6 Å². The van der Waals surface area contributed by atoms with Crippen molar-refractivity contribution in [1.82, 2.24) is 5.32 Å². The van der Waals surface area contributed by atoms with Crippen molar-refractivity contribution < 1.29 is 13.2 Å². The molecule has 6 heteroatoms. The van der Waals surface area contributed by atoms with E-state index in [0.29, 0.717) is 6.61 Å². The van der Waals surface area contributed by atoms with Gasteiger partial charge >= 0.3 is 0 Å². The lowest BCUT2D eigenvalue weighted by Gasteiger charge is -2.30. The van der Waals surface area contributed by atoms with Crippen LogP contribution in [0, 0.1) is 0 Å². The topological polar surface area (TPSA) is 81.4 Å². The maximum absolute atomic E-state index is 11.5. The number of nitrogens with one attached hydrogen (secondary N) is 1. The van der Waals surface area contributed by atoms with Crippen LogP contribution in [-0.2, 0) is 14.8 Å². The van der Waals surface area contributed by atoms with Crippen LogP contribution in [0.1, 0.15) is 18.6 Å². The third-order valence-electron chi connectivity index (χ3n) is 4.06. The summed E-state index contributed by atoms with van der Waals surface area (Å²) < 4.78 is 28.8. The first kappa shape index (κ1) is 16.1. The third-order valence-corrected chi connectivity index (χ3v) is 4.97. The predicted molar refractivity (Wildman–Crippen MR) is 89.4 cm³/mol. The number of nitrogens with two attached hydrogens (primary N) is 1. The standard InChI is InChI=1S/C17H20N2O3S/c1-12-17(22-10-9-19-12)14-7-5-13(6-8-14)15-3-2-4-16(11-15)23(18,20)21/h2-8,11-12,17,19H,9-10H2,1H3,(H2,18,20,21)/t12-,17+/m0/s1. The molecule has 23 heavy (non-hydrogen) atoms. The largest absolute Gasteiger partial charge is 0.371 e. The van der Waals surface area contributed by atoms with Crippen molar-refractivity contribution in [3.8, 4) is 11.1 Å². The lowest BCUT2D eigenvalue weighted by Crippen LogP contribution is -2.41. The minimum Gasteiger partial charge on any atom is -0.371 e. The maximum Gasteiger partial charge on any atom is 0.238 e. The third kappa shape index (κ3) is 3.61. The zero-order valence-electron chi connectivity index (χ0n) is 12.9. The Morgan fingerprint density at radius 2 is 1.87 bits per heavy atom. The van der Waals surface area contributed by atoms with Gasteiger partial charge in [-0.25, -0.2) is 13.6 Å². The molecule has 0 aromatic heterocycles. The molecule has 122 valence electrons. The Kier molecular flexibility index (Phi) is 4.50. The Morgan fingerprint density at radius 1 is 1.13 bits per heavy atom. The number of hydrogen-bond donors (Lipinski definition) is 2. The van der Waals surface area contributed by atoms with E-state index in [2.05, 4.69) is 12.2 Å². The molecule has 3 rings (SSSR count). The first-order valence-corrected chi connectivity index (χ1v) is 9.08. The van der Waals surface area contributed by atoms with Crippen LogP contribution in [0.15, 0.2) is 53.4 Å². The van der Waals surface area contributed by atoms with Gasteiger partial charge in [0.2, 0.25) is 10.0 Å². The van der Waals surface area contributed by atoms with Crippen molar-refractivity contribution in [3.05, 3.63) is 54.1 Å². The van der Waals surface area contributed by atoms with Crippen molar-refractivity contribution in [3.63, 3.8) is 0 Å². The van der Waals surface area contributed by atoms with E-state index in [1.54, 1.807) is 12.1 Å². The van der Waals surface area contributed by atoms with Gasteiger partial charge in [-0.05, 0) is 35.7 Å². The summed E-state index contributed by atoms with van der Waals surface area (Å²) in [5, 5.41) is 8.58. The molecule has 0 amide bonds. The average molecular weight is 332 g/mol. The SMILES string of the molecule is C[C@@H]1NCCO[C@H]1c1ccc(-c2cccc(S(N)(=O)=O)c2)cc1. The van der Waals surface area contributed by atoms with Crippen LogP contribution in [0.3, 0.4) is 0 Å². The van der Waals surface area contributed by atoms with Gasteiger partial charge < -0.3 is 10.1 Å². The number of sulfonamides is 1. The Bertz CT molecular complexity index is 788. The van der Waals surface area contributed by atoms with Crippen LogP contribution in [0.2, 0.25) is 0 Å². The molecule has 2 aromatic carbocycles. The quantitative estimate of drug-likeness (QED) is 0.901. The molecule has 0 saturated carbocycles. The maximum atomic E-state index is 11.5. The normalized spacial score (nSPS) is 22.0. The highest BCUT2D eigenvalue weighted by Gasteiger charge is 2.23. The van der Waals surface area contributed by atoms with Crippen LogP contribution < -0.4 is 10.5 Å². The van der Waals surface area contributed by atoms with Gasteiger partial charge in [-0.15, -0.1) is 0 Å². The fourth-order valence-electron chi connectivity index (χ4n) is 2.83. The van der Waals surface area contributed by atoms with Gasteiger partial charge in [-0.2, -0.15) is 0 Å². The van der Waals surface area contributed by atoms with Crippen LogP contribution in [0.4, 0.5) is 0 Å². The van der Waals surface area contributed by atoms with Gasteiger partial charge in [0.05, 0.1) is 17.6 Å². The number of benzene rings is 2. The molecule has 0 unspecified atom stereocenters. The van der Waals surface area contributed by atoms with E-state index < -0.39 is 10.0 Å². The van der Waals surface area contributed by atoms with Crippen molar-refractivity contribution in [2.75, 3.05) is 13.2 Å². The minimum absolute atomic E-state index is 0.0357. The van der Waals surface area contributed by atoms with Crippen molar-refractivity contribution >= 4 is 10.0 Å². The van der Waals surface area contributed by atoms with Gasteiger partial charge in [0.15, 0.2) is 0 Å². The average Bonchev–Trinajstić information content (AvgIpc) is 2.55. The zero-order valence-corrected chi connectivity index (χ0v) is 13.7. The Balaban J connectivity index is 1.88. The van der Waals surface area contributed by atoms with Crippen LogP contribution in [0.5, 0.6) is 0 Å². The van der Waals surface area contributed by atoms with Crippen molar-refractivity contribution in [2.45, 2.75) is 24.0 Å². The van der Waals surface area contributed by atoms with Crippen LogP contribution in [0.25, 0.3) is 11.1 Å². The summed E-state index contributed by atoms with van der Waals surface area (Å²) in [5.74, 6) is 0. The summed E-state index contributed by atoms with van der Waals surface area (Å²) in [6.07, 6.45) is 0.0357. The summed E-state index contributed by atoms with van der Waals surface area (Å²) in [5.41, 5.74) is 2.87. The highest BCUT2D eigenvalue weighted by molar-refractivity contribution is 7.89. The molecular weight excluding hydrogens is 312 g/mol. The monoisotopic (exact) mass is 332 g/mol. The summed E-state index contributed by atoms with van der Waals surface area (Å²) in [7, 11) is -3.69. The lowest BCUT2D eigenvalue weighted by molar-refractivity contribution is -0.000215. The highest BCUT2D eigenvalue weighted by Crippen LogP contribution is 2.27. The van der Waals surface area contributed by atoms with Crippen molar-refractivity contribution in [2.24, 2.45) is 5.14 Å². The summed E-state index contributed by atoms with van der Waals surface area (Å²) in [6.45, 7) is 3.68. The van der Waals surface area contributed by atoms with E-state index in [1.165, 1.54) is 6.07 Å². The van der Waals surface area contributed by atoms with Crippen molar-refractivity contribution in [1.29, 1.82) is 0 Å². The molecule has 0 aliphatic carbocycles. The number of rotatable bonds is 3. The zero-order chi connectivity index (χ0) is 16.4. The number of ether oxygens (including phenoxy) is 1. The van der Waals surface area contributed by atoms with Gasteiger partial charge in [0.25, 0.3) is 0 Å². The van der Waals surface area contributed by atoms with E-state index in [1.807, 2.05) is 30.3 Å². The van der Waals surface area contributed by atoms with E-state index >= 15 is 0 Å². The Labute approximate surface area is 136 Å². The second-order valence-corrected chi connectivity index (χ2v) is 7.29. The lowest BCUT2D eigenvalue weighted by atomic mass is 9.98. The molecule has 1 aliphatic rings. The highest BCUT2D eigenvalue weighted by atomic mass is 32.2. The van der Waals surface area contributed by atoms with E-state index in [4.69, 9.17) is 9.88 Å². The van der Waals surface area contributed by atoms with Gasteiger partial charge in [0.1, 0.15) is 0 Å². The Hall–Kier alpha value is -1.73. The fourth-order valence-corrected chi connectivity index (χ4v) is 3.39. The molecule has 1 saturated heterocycles. The number of primary sulfonamides is 1. The van der Waals surface area contributed by atoms with Gasteiger partial charge in [-0.3, -0.25) is 0 Å². The summed E-state index contributed by atoms with van der Waals surface area (Å²) in [4.78, 5) is 0.118. The fraction of sp³-hybridized carbons (Fsp3) is 0.294. The smallest absolute Gasteiger partial charge is 0.238 e. The molecule has 1 heterocycles. The molecule has 2 aromatic rings. The van der Waals surface area contributed by atoms with Crippen LogP contribution in [-0.4, -0.2) is 27.6 Å². The Morgan fingerprint density at radius 3 is 2.52 bits per heavy atom. The first-order chi connectivity index (χ1) is 10.9. The summed E-state index contributed by atoms with van der Waals surface area (Å²) in [6, 6.07) is 14.9. The molecule has 0 spiro atoms. The number of morpholine rings is 1. The van der Waals surface area contributed by atoms with E-state index in [-0.39, 0.29) is 17.0 Å². The molecule has 0 bridgehead atoms. The number of hydrogen-bond acceptors (Lipinski definition) is 4. The summed E-state index contributed by atoms with van der Waals surface area (Å²) >= 11 is 0. The molecule has 3 N–H and O–H groups in total. The molecule has 0 radical (unpaired) electrons. The van der Waals surface area contributed by atoms with Crippen LogP contribution >= 0.6 is 0 Å². The molecule has 1 aliphatic heterocycles.